The van der Waals surface area contributed by atoms with Crippen LogP contribution in [0.3, 0.4) is 0 Å². The normalized spacial score (nSPS) is 24.6. The Bertz CT molecular complexity index is 380. The third-order valence-corrected chi connectivity index (χ3v) is 4.54. The lowest BCUT2D eigenvalue weighted by Gasteiger charge is -2.27. The molecular weight excluding hydrogens is 345 g/mol. The Morgan fingerprint density at radius 3 is 2.94 bits per heavy atom. The van der Waals surface area contributed by atoms with E-state index in [1.54, 1.807) is 0 Å². The number of anilines is 1. The van der Waals surface area contributed by atoms with E-state index in [4.69, 9.17) is 11.6 Å². The predicted molar refractivity (Wildman–Crippen MR) is 83.8 cm³/mol. The molecule has 17 heavy (non-hydrogen) atoms. The fourth-order valence-corrected chi connectivity index (χ4v) is 3.55. The van der Waals surface area contributed by atoms with Crippen molar-refractivity contribution in [1.29, 1.82) is 0 Å². The third kappa shape index (κ3) is 4.02. The Labute approximate surface area is 122 Å². The minimum atomic E-state index is 0.814. The van der Waals surface area contributed by atoms with Crippen molar-refractivity contribution in [2.75, 3.05) is 11.9 Å². The van der Waals surface area contributed by atoms with Gasteiger partial charge in [-0.1, -0.05) is 31.4 Å². The zero-order valence-electron chi connectivity index (χ0n) is 10.2. The molecule has 0 heterocycles. The maximum atomic E-state index is 6.21. The molecule has 1 aromatic rings. The van der Waals surface area contributed by atoms with Gasteiger partial charge in [0.1, 0.15) is 0 Å². The average molecular weight is 364 g/mol. The summed E-state index contributed by atoms with van der Waals surface area (Å²) in [5.41, 5.74) is 1.07. The summed E-state index contributed by atoms with van der Waals surface area (Å²) in [7, 11) is 0. The number of halogens is 2. The summed E-state index contributed by atoms with van der Waals surface area (Å²) in [6, 6.07) is 6.18. The van der Waals surface area contributed by atoms with Crippen molar-refractivity contribution in [3.8, 4) is 0 Å². The van der Waals surface area contributed by atoms with Gasteiger partial charge in [0.2, 0.25) is 0 Å². The molecule has 0 radical (unpaired) electrons. The number of hydrogen-bond acceptors (Lipinski definition) is 1. The van der Waals surface area contributed by atoms with E-state index in [9.17, 15) is 0 Å². The standard InChI is InChI=1S/C14H19ClIN/c1-10-3-2-4-11(7-10)9-17-14-6-5-12(16)8-13(14)15/h5-6,8,10-11,17H,2-4,7,9H2,1H3. The first-order valence-corrected chi connectivity index (χ1v) is 7.79. The van der Waals surface area contributed by atoms with Gasteiger partial charge in [0.25, 0.3) is 0 Å². The highest BCUT2D eigenvalue weighted by Crippen LogP contribution is 2.30. The van der Waals surface area contributed by atoms with E-state index in [-0.39, 0.29) is 0 Å². The van der Waals surface area contributed by atoms with E-state index in [0.717, 1.165) is 29.1 Å². The lowest BCUT2D eigenvalue weighted by atomic mass is 9.82. The van der Waals surface area contributed by atoms with Gasteiger partial charge in [-0.25, -0.2) is 0 Å². The summed E-state index contributed by atoms with van der Waals surface area (Å²) in [5, 5.41) is 4.33. The van der Waals surface area contributed by atoms with E-state index in [1.165, 1.54) is 29.3 Å². The fourth-order valence-electron chi connectivity index (χ4n) is 2.63. The van der Waals surface area contributed by atoms with Gasteiger partial charge < -0.3 is 5.32 Å². The van der Waals surface area contributed by atoms with E-state index in [2.05, 4.69) is 47.0 Å². The summed E-state index contributed by atoms with van der Waals surface area (Å²) in [4.78, 5) is 0. The van der Waals surface area contributed by atoms with Gasteiger partial charge in [-0.15, -0.1) is 0 Å². The van der Waals surface area contributed by atoms with Crippen molar-refractivity contribution >= 4 is 39.9 Å². The molecule has 2 rings (SSSR count). The molecule has 3 heteroatoms. The average Bonchev–Trinajstić information content (AvgIpc) is 2.28. The quantitative estimate of drug-likeness (QED) is 0.729. The topological polar surface area (TPSA) is 12.0 Å². The molecule has 94 valence electrons. The molecule has 0 aromatic heterocycles. The van der Waals surface area contributed by atoms with Crippen molar-refractivity contribution < 1.29 is 0 Å². The van der Waals surface area contributed by atoms with Crippen LogP contribution < -0.4 is 5.32 Å². The summed E-state index contributed by atoms with van der Waals surface area (Å²) in [5.74, 6) is 1.71. The largest absolute Gasteiger partial charge is 0.384 e. The summed E-state index contributed by atoms with van der Waals surface area (Å²) < 4.78 is 1.18. The van der Waals surface area contributed by atoms with Crippen LogP contribution >= 0.6 is 34.2 Å². The van der Waals surface area contributed by atoms with E-state index in [0.29, 0.717) is 0 Å². The molecule has 1 saturated carbocycles. The molecule has 1 N–H and O–H groups in total. The Balaban J connectivity index is 1.88. The van der Waals surface area contributed by atoms with Crippen LogP contribution in [0.1, 0.15) is 32.6 Å². The van der Waals surface area contributed by atoms with Crippen LogP contribution in [0.4, 0.5) is 5.69 Å². The smallest absolute Gasteiger partial charge is 0.0648 e. The lowest BCUT2D eigenvalue weighted by molar-refractivity contribution is 0.293. The summed E-state index contributed by atoms with van der Waals surface area (Å²) in [6.07, 6.45) is 5.50. The van der Waals surface area contributed by atoms with E-state index in [1.807, 2.05) is 6.07 Å². The SMILES string of the molecule is CC1CCCC(CNc2ccc(I)cc2Cl)C1. The number of benzene rings is 1. The second-order valence-electron chi connectivity index (χ2n) is 5.14. The van der Waals surface area contributed by atoms with Crippen molar-refractivity contribution in [2.24, 2.45) is 11.8 Å². The van der Waals surface area contributed by atoms with Crippen molar-refractivity contribution in [3.63, 3.8) is 0 Å². The second kappa shape index (κ2) is 6.28. The van der Waals surface area contributed by atoms with Gasteiger partial charge in [0.05, 0.1) is 10.7 Å². The van der Waals surface area contributed by atoms with Gasteiger partial charge in [-0.05, 0) is 65.5 Å². The molecule has 1 fully saturated rings. The predicted octanol–water partition coefficient (Wildman–Crippen LogP) is 5.18. The zero-order valence-corrected chi connectivity index (χ0v) is 13.1. The Morgan fingerprint density at radius 2 is 2.24 bits per heavy atom. The van der Waals surface area contributed by atoms with Crippen LogP contribution in [0.25, 0.3) is 0 Å². The minimum absolute atomic E-state index is 0.814. The molecule has 1 aliphatic carbocycles. The Hall–Kier alpha value is 0.0400. The monoisotopic (exact) mass is 363 g/mol. The van der Waals surface area contributed by atoms with Gasteiger partial charge in [-0.3, -0.25) is 0 Å². The van der Waals surface area contributed by atoms with Gasteiger partial charge in [-0.2, -0.15) is 0 Å². The minimum Gasteiger partial charge on any atom is -0.384 e. The molecule has 1 nitrogen and oxygen atoms in total. The highest BCUT2D eigenvalue weighted by Gasteiger charge is 2.18. The second-order valence-corrected chi connectivity index (χ2v) is 6.80. The van der Waals surface area contributed by atoms with Crippen molar-refractivity contribution in [3.05, 3.63) is 26.8 Å². The molecule has 1 aliphatic rings. The first-order chi connectivity index (χ1) is 8.15. The van der Waals surface area contributed by atoms with Crippen LogP contribution in [0.2, 0.25) is 5.02 Å². The molecule has 0 spiro atoms. The Kier molecular flexibility index (Phi) is 4.97. The van der Waals surface area contributed by atoms with Crippen molar-refractivity contribution in [2.45, 2.75) is 32.6 Å². The number of rotatable bonds is 3. The molecule has 2 unspecified atom stereocenters. The van der Waals surface area contributed by atoms with Gasteiger partial charge in [0, 0.05) is 10.1 Å². The molecule has 1 aromatic carbocycles. The van der Waals surface area contributed by atoms with E-state index < -0.39 is 0 Å². The first kappa shape index (κ1) is 13.5. The molecule has 0 aliphatic heterocycles. The number of nitrogens with one attached hydrogen (secondary N) is 1. The van der Waals surface area contributed by atoms with Crippen LogP contribution in [0, 0.1) is 15.4 Å². The summed E-state index contributed by atoms with van der Waals surface area (Å²) >= 11 is 8.49. The fraction of sp³-hybridized carbons (Fsp3) is 0.571. The van der Waals surface area contributed by atoms with Crippen LogP contribution in [0.15, 0.2) is 18.2 Å². The third-order valence-electron chi connectivity index (χ3n) is 3.56. The van der Waals surface area contributed by atoms with Crippen LogP contribution in [-0.4, -0.2) is 6.54 Å². The maximum Gasteiger partial charge on any atom is 0.0648 e. The summed E-state index contributed by atoms with van der Waals surface area (Å²) in [6.45, 7) is 3.43. The lowest BCUT2D eigenvalue weighted by Crippen LogP contribution is -2.21. The van der Waals surface area contributed by atoms with Gasteiger partial charge >= 0.3 is 0 Å². The van der Waals surface area contributed by atoms with E-state index >= 15 is 0 Å². The van der Waals surface area contributed by atoms with Gasteiger partial charge in [0.15, 0.2) is 0 Å². The zero-order chi connectivity index (χ0) is 12.3. The van der Waals surface area contributed by atoms with Crippen molar-refractivity contribution in [1.82, 2.24) is 0 Å². The molecule has 2 atom stereocenters. The molecular formula is C14H19ClIN. The molecule has 0 amide bonds. The number of hydrogen-bond donors (Lipinski definition) is 1. The van der Waals surface area contributed by atoms with Crippen LogP contribution in [-0.2, 0) is 0 Å². The first-order valence-electron chi connectivity index (χ1n) is 6.34. The van der Waals surface area contributed by atoms with Crippen LogP contribution in [0.5, 0.6) is 0 Å². The maximum absolute atomic E-state index is 6.21. The molecule has 0 saturated heterocycles. The molecule has 0 bridgehead atoms. The Morgan fingerprint density at radius 1 is 1.41 bits per heavy atom. The highest BCUT2D eigenvalue weighted by atomic mass is 127. The highest BCUT2D eigenvalue weighted by molar-refractivity contribution is 14.1.